The summed E-state index contributed by atoms with van der Waals surface area (Å²) in [6.07, 6.45) is 1.22. The molecule has 0 amide bonds. The number of aromatic nitrogens is 1. The van der Waals surface area contributed by atoms with Gasteiger partial charge in [-0.15, -0.1) is 11.6 Å². The lowest BCUT2D eigenvalue weighted by molar-refractivity contribution is 0.561. The molecular weight excluding hydrogens is 240 g/mol. The van der Waals surface area contributed by atoms with Crippen LogP contribution in [0.5, 0.6) is 0 Å². The molecule has 0 radical (unpaired) electrons. The molecule has 0 unspecified atom stereocenters. The van der Waals surface area contributed by atoms with Gasteiger partial charge in [-0.3, -0.25) is 0 Å². The van der Waals surface area contributed by atoms with E-state index >= 15 is 0 Å². The van der Waals surface area contributed by atoms with Crippen molar-refractivity contribution in [2.24, 2.45) is 0 Å². The Bertz CT molecular complexity index is 464. The van der Waals surface area contributed by atoms with Gasteiger partial charge >= 0.3 is 0 Å². The van der Waals surface area contributed by atoms with Gasteiger partial charge in [0.25, 0.3) is 0 Å². The van der Waals surface area contributed by atoms with Crippen molar-refractivity contribution >= 4 is 23.2 Å². The third-order valence-electron chi connectivity index (χ3n) is 1.96. The molecule has 0 aliphatic carbocycles. The normalized spacial score (nSPS) is 10.6. The number of hydrogen-bond acceptors (Lipinski definition) is 2. The Balaban J connectivity index is 2.63. The predicted octanol–water partition coefficient (Wildman–Crippen LogP) is 3.87. The zero-order valence-electron chi connectivity index (χ0n) is 7.51. The molecule has 2 aromatic rings. The first-order valence-electron chi connectivity index (χ1n) is 4.16. The van der Waals surface area contributed by atoms with Crippen molar-refractivity contribution in [2.75, 3.05) is 0 Å². The molecule has 5 heteroatoms. The van der Waals surface area contributed by atoms with Crippen LogP contribution in [0.1, 0.15) is 5.69 Å². The molecular formula is C10H6Cl2FNO. The molecule has 1 aromatic carbocycles. The second-order valence-corrected chi connectivity index (χ2v) is 3.53. The second-order valence-electron chi connectivity index (χ2n) is 2.86. The van der Waals surface area contributed by atoms with Gasteiger partial charge in [0.1, 0.15) is 11.5 Å². The van der Waals surface area contributed by atoms with E-state index in [-0.39, 0.29) is 22.2 Å². The van der Waals surface area contributed by atoms with Gasteiger partial charge in [0.2, 0.25) is 0 Å². The van der Waals surface area contributed by atoms with Gasteiger partial charge in [0.15, 0.2) is 12.2 Å². The molecule has 78 valence electrons. The highest BCUT2D eigenvalue weighted by atomic mass is 35.5. The van der Waals surface area contributed by atoms with Crippen LogP contribution < -0.4 is 0 Å². The highest BCUT2D eigenvalue weighted by molar-refractivity contribution is 6.33. The highest BCUT2D eigenvalue weighted by Crippen LogP contribution is 2.32. The van der Waals surface area contributed by atoms with Gasteiger partial charge in [-0.1, -0.05) is 17.7 Å². The molecule has 0 fully saturated rings. The maximum Gasteiger partial charge on any atom is 0.181 e. The zero-order valence-corrected chi connectivity index (χ0v) is 9.02. The summed E-state index contributed by atoms with van der Waals surface area (Å²) in [5, 5.41) is 0.276. The Morgan fingerprint density at radius 2 is 2.20 bits per heavy atom. The fraction of sp³-hybridized carbons (Fsp3) is 0.100. The van der Waals surface area contributed by atoms with Gasteiger partial charge in [0, 0.05) is 0 Å². The SMILES string of the molecule is Fc1cccc(Cl)c1-c1ocnc1CCl. The van der Waals surface area contributed by atoms with E-state index in [1.165, 1.54) is 18.5 Å². The first-order valence-corrected chi connectivity index (χ1v) is 5.08. The molecule has 1 heterocycles. The fourth-order valence-corrected chi connectivity index (χ4v) is 1.72. The van der Waals surface area contributed by atoms with Crippen LogP contribution in [0.3, 0.4) is 0 Å². The Morgan fingerprint density at radius 3 is 2.87 bits per heavy atom. The van der Waals surface area contributed by atoms with Crippen molar-refractivity contribution in [2.45, 2.75) is 5.88 Å². The van der Waals surface area contributed by atoms with Crippen LogP contribution >= 0.6 is 23.2 Å². The van der Waals surface area contributed by atoms with Crippen LogP contribution in [0, 0.1) is 5.82 Å². The zero-order chi connectivity index (χ0) is 10.8. The van der Waals surface area contributed by atoms with Crippen molar-refractivity contribution < 1.29 is 8.81 Å². The Hall–Kier alpha value is -1.06. The third-order valence-corrected chi connectivity index (χ3v) is 2.53. The summed E-state index contributed by atoms with van der Waals surface area (Å²) in [5.41, 5.74) is 0.677. The fourth-order valence-electron chi connectivity index (χ4n) is 1.28. The highest BCUT2D eigenvalue weighted by Gasteiger charge is 2.17. The summed E-state index contributed by atoms with van der Waals surface area (Å²) in [5.74, 6) is -0.0186. The third kappa shape index (κ3) is 1.85. The van der Waals surface area contributed by atoms with Gasteiger partial charge in [-0.2, -0.15) is 0 Å². The largest absolute Gasteiger partial charge is 0.443 e. The van der Waals surface area contributed by atoms with Gasteiger partial charge in [-0.25, -0.2) is 9.37 Å². The van der Waals surface area contributed by atoms with Crippen LogP contribution in [0.2, 0.25) is 5.02 Å². The second kappa shape index (κ2) is 4.21. The molecule has 2 rings (SSSR count). The van der Waals surface area contributed by atoms with E-state index in [1.54, 1.807) is 6.07 Å². The molecule has 0 spiro atoms. The van der Waals surface area contributed by atoms with Crippen LogP contribution in [0.15, 0.2) is 29.0 Å². The number of rotatable bonds is 2. The van der Waals surface area contributed by atoms with E-state index in [2.05, 4.69) is 4.98 Å². The molecule has 0 aliphatic heterocycles. The molecule has 1 aromatic heterocycles. The molecule has 0 N–H and O–H groups in total. The summed E-state index contributed by atoms with van der Waals surface area (Å²) in [6.45, 7) is 0. The summed E-state index contributed by atoms with van der Waals surface area (Å²) >= 11 is 11.5. The summed E-state index contributed by atoms with van der Waals surface area (Å²) in [6, 6.07) is 4.42. The first-order chi connectivity index (χ1) is 7.24. The Labute approximate surface area is 95.6 Å². The Morgan fingerprint density at radius 1 is 1.40 bits per heavy atom. The molecule has 0 aliphatic rings. The number of alkyl halides is 1. The maximum absolute atomic E-state index is 13.5. The minimum absolute atomic E-state index is 0.149. The van der Waals surface area contributed by atoms with Crippen LogP contribution in [0.25, 0.3) is 11.3 Å². The average molecular weight is 246 g/mol. The van der Waals surface area contributed by atoms with Crippen molar-refractivity contribution in [3.63, 3.8) is 0 Å². The van der Waals surface area contributed by atoms with E-state index in [9.17, 15) is 4.39 Å². The molecule has 0 atom stereocenters. The minimum atomic E-state index is -0.453. The van der Waals surface area contributed by atoms with E-state index in [1.807, 2.05) is 0 Å². The minimum Gasteiger partial charge on any atom is -0.443 e. The number of halogens is 3. The lowest BCUT2D eigenvalue weighted by Gasteiger charge is -2.02. The van der Waals surface area contributed by atoms with E-state index in [4.69, 9.17) is 27.6 Å². The number of hydrogen-bond donors (Lipinski definition) is 0. The van der Waals surface area contributed by atoms with Gasteiger partial charge in [0.05, 0.1) is 16.5 Å². The standard InChI is InChI=1S/C10H6Cl2FNO/c11-4-8-10(15-5-14-8)9-6(12)2-1-3-7(9)13/h1-3,5H,4H2. The smallest absolute Gasteiger partial charge is 0.181 e. The van der Waals surface area contributed by atoms with Crippen molar-refractivity contribution in [1.82, 2.24) is 4.98 Å². The topological polar surface area (TPSA) is 26.0 Å². The lowest BCUT2D eigenvalue weighted by Crippen LogP contribution is -1.88. The van der Waals surface area contributed by atoms with E-state index in [0.29, 0.717) is 5.69 Å². The molecule has 2 nitrogen and oxygen atoms in total. The van der Waals surface area contributed by atoms with Crippen molar-refractivity contribution in [3.05, 3.63) is 41.1 Å². The van der Waals surface area contributed by atoms with Crippen LogP contribution in [0.4, 0.5) is 4.39 Å². The first kappa shape index (κ1) is 10.5. The number of nitrogens with zero attached hydrogens (tertiary/aromatic N) is 1. The van der Waals surface area contributed by atoms with Crippen LogP contribution in [-0.4, -0.2) is 4.98 Å². The summed E-state index contributed by atoms with van der Waals surface area (Å²) < 4.78 is 18.6. The lowest BCUT2D eigenvalue weighted by atomic mass is 10.1. The van der Waals surface area contributed by atoms with Crippen molar-refractivity contribution in [3.8, 4) is 11.3 Å². The van der Waals surface area contributed by atoms with Crippen LogP contribution in [-0.2, 0) is 5.88 Å². The number of oxazole rings is 1. The quantitative estimate of drug-likeness (QED) is 0.751. The van der Waals surface area contributed by atoms with E-state index in [0.717, 1.165) is 0 Å². The summed E-state index contributed by atoms with van der Waals surface area (Å²) in [7, 11) is 0. The summed E-state index contributed by atoms with van der Waals surface area (Å²) in [4.78, 5) is 3.87. The van der Waals surface area contributed by atoms with E-state index < -0.39 is 5.82 Å². The predicted molar refractivity (Wildman–Crippen MR) is 56.5 cm³/mol. The molecule has 0 saturated carbocycles. The maximum atomic E-state index is 13.5. The van der Waals surface area contributed by atoms with Gasteiger partial charge in [-0.05, 0) is 12.1 Å². The molecule has 15 heavy (non-hydrogen) atoms. The molecule has 0 saturated heterocycles. The Kier molecular flexibility index (Phi) is 2.93. The van der Waals surface area contributed by atoms with Gasteiger partial charge < -0.3 is 4.42 Å². The average Bonchev–Trinajstić information content (AvgIpc) is 2.65. The monoisotopic (exact) mass is 245 g/mol. The number of benzene rings is 1. The molecule has 0 bridgehead atoms. The van der Waals surface area contributed by atoms with Crippen molar-refractivity contribution in [1.29, 1.82) is 0 Å².